The fourth-order valence-electron chi connectivity index (χ4n) is 6.02. The molecule has 2 atom stereocenters. The van der Waals surface area contributed by atoms with Gasteiger partial charge in [-0.1, -0.05) is 156 Å². The molecule has 0 saturated heterocycles. The molecule has 0 aromatic rings. The van der Waals surface area contributed by atoms with Gasteiger partial charge in [-0.05, 0) is 100 Å². The number of rotatable bonds is 12. The number of hydrogen-bond acceptors (Lipinski definition) is 2. The highest BCUT2D eigenvalue weighted by atomic mass is 15.2. The van der Waals surface area contributed by atoms with Crippen LogP contribution in [0.5, 0.6) is 0 Å². The minimum atomic E-state index is -0.0463. The molecule has 2 aliphatic rings. The molecule has 46 heavy (non-hydrogen) atoms. The summed E-state index contributed by atoms with van der Waals surface area (Å²) < 4.78 is 0. The zero-order valence-corrected chi connectivity index (χ0v) is 29.7. The second-order valence-corrected chi connectivity index (χ2v) is 13.9. The average molecular weight is 619 g/mol. The number of nitrogens with zero attached hydrogens (tertiary/aromatic N) is 6. The van der Waals surface area contributed by atoms with E-state index in [0.29, 0.717) is 0 Å². The number of hydrogen-bond donors (Lipinski definition) is 0. The van der Waals surface area contributed by atoms with Crippen LogP contribution in [0.4, 0.5) is 0 Å². The van der Waals surface area contributed by atoms with Crippen molar-refractivity contribution >= 4 is 0 Å². The van der Waals surface area contributed by atoms with E-state index in [1.807, 2.05) is 0 Å². The van der Waals surface area contributed by atoms with E-state index in [0.717, 1.165) is 48.0 Å². The number of allylic oxidation sites excluding steroid dienone is 20. The van der Waals surface area contributed by atoms with E-state index < -0.39 is 0 Å². The van der Waals surface area contributed by atoms with Crippen LogP contribution in [-0.2, 0) is 0 Å². The third kappa shape index (κ3) is 11.9. The summed E-state index contributed by atoms with van der Waals surface area (Å²) in [5, 5.41) is 7.99. The minimum absolute atomic E-state index is 0.0463. The lowest BCUT2D eigenvalue weighted by molar-refractivity contribution is 0.359. The maximum absolute atomic E-state index is 8.91. The van der Waals surface area contributed by atoms with Gasteiger partial charge in [-0.25, -0.2) is 0 Å². The first kappa shape index (κ1) is 37.9. The summed E-state index contributed by atoms with van der Waals surface area (Å²) in [7, 11) is 0. The lowest BCUT2D eigenvalue weighted by Crippen LogP contribution is -2.26. The quantitative estimate of drug-likeness (QED) is 0.0899. The van der Waals surface area contributed by atoms with Crippen LogP contribution in [-0.4, -0.2) is 12.1 Å². The molecule has 0 N–H and O–H groups in total. The Balaban J connectivity index is 1.97. The Labute approximate surface area is 278 Å². The van der Waals surface area contributed by atoms with Gasteiger partial charge in [-0.15, -0.1) is 0 Å². The van der Waals surface area contributed by atoms with Gasteiger partial charge in [0.05, 0.1) is 12.1 Å². The third-order valence-corrected chi connectivity index (χ3v) is 9.07. The first-order valence-electron chi connectivity index (χ1n) is 16.3. The summed E-state index contributed by atoms with van der Waals surface area (Å²) in [5.41, 5.74) is 27.5. The highest BCUT2D eigenvalue weighted by molar-refractivity contribution is 5.41. The van der Waals surface area contributed by atoms with Crippen LogP contribution in [0.15, 0.2) is 140 Å². The van der Waals surface area contributed by atoms with Crippen molar-refractivity contribution in [1.29, 1.82) is 0 Å². The standard InChI is InChI=1S/C40H54N6/c1-29(17-13-19-31(3)21-23-35-33(5)37(43-45-41)25-27-39(35,7)8)15-11-12-16-30(2)18-14-20-32(4)22-24-36-34(6)38(44-46-42)26-28-40(36,9)10/h11-24,37-38H,25-28H2,1-10H3/b12-11+,17-13+,18-14+,23-21+,24-22+,29-15-,30-16+,31-19+,32-20+. The van der Waals surface area contributed by atoms with E-state index in [1.54, 1.807) is 0 Å². The molecule has 0 bridgehead atoms. The van der Waals surface area contributed by atoms with Gasteiger partial charge < -0.3 is 0 Å². The molecule has 6 nitrogen and oxygen atoms in total. The van der Waals surface area contributed by atoms with Crippen LogP contribution >= 0.6 is 0 Å². The van der Waals surface area contributed by atoms with Gasteiger partial charge in [0.1, 0.15) is 0 Å². The van der Waals surface area contributed by atoms with Crippen LogP contribution < -0.4 is 0 Å². The fraction of sp³-hybridized carbons (Fsp3) is 0.450. The molecule has 0 aromatic heterocycles. The molecule has 0 saturated carbocycles. The van der Waals surface area contributed by atoms with Crippen LogP contribution in [0.3, 0.4) is 0 Å². The molecular weight excluding hydrogens is 564 g/mol. The Bertz CT molecular complexity index is 1430. The Morgan fingerprint density at radius 1 is 0.587 bits per heavy atom. The van der Waals surface area contributed by atoms with Gasteiger partial charge in [-0.2, -0.15) is 0 Å². The summed E-state index contributed by atoms with van der Waals surface area (Å²) in [5.74, 6) is 0. The maximum atomic E-state index is 8.91. The molecule has 0 amide bonds. The van der Waals surface area contributed by atoms with Gasteiger partial charge in [0.25, 0.3) is 0 Å². The van der Waals surface area contributed by atoms with E-state index in [2.05, 4.69) is 174 Å². The fourth-order valence-corrected chi connectivity index (χ4v) is 6.02. The van der Waals surface area contributed by atoms with Crippen molar-refractivity contribution in [2.45, 2.75) is 107 Å². The molecule has 0 fully saturated rings. The predicted molar refractivity (Wildman–Crippen MR) is 198 cm³/mol. The Hall–Kier alpha value is -4.24. The molecule has 2 rings (SSSR count). The summed E-state index contributed by atoms with van der Waals surface area (Å²) in [6.45, 7) is 21.6. The van der Waals surface area contributed by atoms with Crippen molar-refractivity contribution in [3.8, 4) is 0 Å². The van der Waals surface area contributed by atoms with Crippen molar-refractivity contribution in [1.82, 2.24) is 0 Å². The first-order chi connectivity index (χ1) is 21.7. The topological polar surface area (TPSA) is 97.5 Å². The van der Waals surface area contributed by atoms with Gasteiger partial charge in [0.15, 0.2) is 0 Å². The lowest BCUT2D eigenvalue weighted by atomic mass is 9.71. The van der Waals surface area contributed by atoms with Crippen molar-refractivity contribution in [2.24, 2.45) is 21.1 Å². The lowest BCUT2D eigenvalue weighted by Gasteiger charge is -2.35. The highest BCUT2D eigenvalue weighted by Gasteiger charge is 2.32. The molecular formula is C40H54N6. The van der Waals surface area contributed by atoms with E-state index in [4.69, 9.17) is 11.1 Å². The maximum Gasteiger partial charge on any atom is 0.0588 e. The van der Waals surface area contributed by atoms with Gasteiger partial charge in [0.2, 0.25) is 0 Å². The molecule has 0 aliphatic heterocycles. The van der Waals surface area contributed by atoms with Gasteiger partial charge in [-0.3, -0.25) is 0 Å². The van der Waals surface area contributed by atoms with Gasteiger partial charge in [0, 0.05) is 9.82 Å². The van der Waals surface area contributed by atoms with Gasteiger partial charge >= 0.3 is 0 Å². The Kier molecular flexibility index (Phi) is 14.9. The first-order valence-corrected chi connectivity index (χ1v) is 16.3. The summed E-state index contributed by atoms with van der Waals surface area (Å²) in [6.07, 6.45) is 33.4. The SMILES string of the molecule is CC1=C(/C=C/C(C)=C/C=C/C(C)=C\C=C\C=C(C)\C=C\C=C(C)\C=C\C2=C(C)C(N=[N+]=[N-])CCC2(C)C)C(C)(C)CCC1N=[N+]=[N-]. The van der Waals surface area contributed by atoms with Crippen LogP contribution in [0.25, 0.3) is 20.9 Å². The molecule has 2 aliphatic carbocycles. The molecule has 0 spiro atoms. The van der Waals surface area contributed by atoms with E-state index in [9.17, 15) is 0 Å². The molecule has 6 heteroatoms. The Morgan fingerprint density at radius 2 is 0.913 bits per heavy atom. The summed E-state index contributed by atoms with van der Waals surface area (Å²) in [4.78, 5) is 6.08. The smallest absolute Gasteiger partial charge is 0.0588 e. The largest absolute Gasteiger partial charge is 0.0863 e. The average Bonchev–Trinajstić information content (AvgIpc) is 2.98. The molecule has 0 heterocycles. The molecule has 244 valence electrons. The second kappa shape index (κ2) is 18.0. The van der Waals surface area contributed by atoms with Crippen LogP contribution in [0.1, 0.15) is 94.9 Å². The van der Waals surface area contributed by atoms with Crippen molar-refractivity contribution in [3.05, 3.63) is 151 Å². The van der Waals surface area contributed by atoms with Crippen molar-refractivity contribution in [2.75, 3.05) is 0 Å². The van der Waals surface area contributed by atoms with E-state index >= 15 is 0 Å². The van der Waals surface area contributed by atoms with Crippen molar-refractivity contribution < 1.29 is 0 Å². The molecule has 2 unspecified atom stereocenters. The predicted octanol–water partition coefficient (Wildman–Crippen LogP) is 13.2. The van der Waals surface area contributed by atoms with E-state index in [1.165, 1.54) is 22.3 Å². The summed E-state index contributed by atoms with van der Waals surface area (Å²) in [6, 6.07) is -0.0925. The third-order valence-electron chi connectivity index (χ3n) is 9.07. The van der Waals surface area contributed by atoms with Crippen LogP contribution in [0, 0.1) is 10.8 Å². The monoisotopic (exact) mass is 618 g/mol. The zero-order chi connectivity index (χ0) is 34.3. The van der Waals surface area contributed by atoms with Crippen LogP contribution in [0.2, 0.25) is 0 Å². The highest BCUT2D eigenvalue weighted by Crippen LogP contribution is 2.43. The van der Waals surface area contributed by atoms with E-state index in [-0.39, 0.29) is 22.9 Å². The Morgan fingerprint density at radius 3 is 1.26 bits per heavy atom. The zero-order valence-electron chi connectivity index (χ0n) is 29.7. The molecule has 0 aromatic carbocycles. The number of azide groups is 2. The molecule has 0 radical (unpaired) electrons. The second-order valence-electron chi connectivity index (χ2n) is 13.9. The minimum Gasteiger partial charge on any atom is -0.0863 e. The summed E-state index contributed by atoms with van der Waals surface area (Å²) >= 11 is 0. The normalized spacial score (nSPS) is 23.3. The van der Waals surface area contributed by atoms with Crippen molar-refractivity contribution in [3.63, 3.8) is 0 Å².